The molecule has 0 aliphatic carbocycles. The minimum Gasteiger partial charge on any atom is -0.460 e. The van der Waals surface area contributed by atoms with Crippen LogP contribution in [0.25, 0.3) is 0 Å². The van der Waals surface area contributed by atoms with E-state index < -0.39 is 11.9 Å². The molecule has 0 fully saturated rings. The fourth-order valence-corrected chi connectivity index (χ4v) is 2.63. The first-order valence-electron chi connectivity index (χ1n) is 9.54. The standard InChI is InChI=1S/C20H29IO8/c1-3-24-7-9-26-11-13-28-19(22)17-6-5-16(21)15-18(17)20(23)29-14-12-27-10-8-25-4-2/h5-6,15H,3-4,7-14H2,1-2H3. The van der Waals surface area contributed by atoms with Crippen LogP contribution in [0, 0.1) is 3.57 Å². The zero-order chi connectivity index (χ0) is 21.3. The third-order valence-electron chi connectivity index (χ3n) is 3.50. The Hall–Kier alpha value is -1.27. The molecule has 1 aromatic rings. The molecule has 0 saturated heterocycles. The molecule has 0 heterocycles. The van der Waals surface area contributed by atoms with Crippen molar-refractivity contribution in [2.24, 2.45) is 0 Å². The summed E-state index contributed by atoms with van der Waals surface area (Å²) in [6, 6.07) is 4.87. The lowest BCUT2D eigenvalue weighted by Crippen LogP contribution is -2.18. The van der Waals surface area contributed by atoms with Crippen LogP contribution in [0.2, 0.25) is 0 Å². The zero-order valence-electron chi connectivity index (χ0n) is 16.9. The van der Waals surface area contributed by atoms with Crippen LogP contribution in [0.1, 0.15) is 34.6 Å². The lowest BCUT2D eigenvalue weighted by atomic mass is 10.1. The highest BCUT2D eigenvalue weighted by atomic mass is 127. The molecule has 0 saturated carbocycles. The Kier molecular flexibility index (Phi) is 14.7. The Morgan fingerprint density at radius 2 is 1.14 bits per heavy atom. The third kappa shape index (κ3) is 11.5. The molecule has 1 aromatic carbocycles. The summed E-state index contributed by atoms with van der Waals surface area (Å²) >= 11 is 2.06. The summed E-state index contributed by atoms with van der Waals surface area (Å²) in [6.07, 6.45) is 0. The van der Waals surface area contributed by atoms with Crippen LogP contribution in [0.3, 0.4) is 0 Å². The van der Waals surface area contributed by atoms with Crippen LogP contribution in [0.15, 0.2) is 18.2 Å². The van der Waals surface area contributed by atoms with Gasteiger partial charge >= 0.3 is 11.9 Å². The molecule has 0 atom stereocenters. The van der Waals surface area contributed by atoms with Crippen molar-refractivity contribution in [1.82, 2.24) is 0 Å². The van der Waals surface area contributed by atoms with Gasteiger partial charge in [0, 0.05) is 16.8 Å². The monoisotopic (exact) mass is 524 g/mol. The third-order valence-corrected chi connectivity index (χ3v) is 4.17. The second-order valence-electron chi connectivity index (χ2n) is 5.58. The van der Waals surface area contributed by atoms with Crippen LogP contribution in [0.4, 0.5) is 0 Å². The molecule has 0 aliphatic heterocycles. The largest absolute Gasteiger partial charge is 0.460 e. The molecule has 0 amide bonds. The molecule has 164 valence electrons. The number of carbonyl (C=O) groups excluding carboxylic acids is 2. The van der Waals surface area contributed by atoms with E-state index in [-0.39, 0.29) is 37.6 Å². The van der Waals surface area contributed by atoms with Gasteiger partial charge in [-0.25, -0.2) is 9.59 Å². The van der Waals surface area contributed by atoms with Crippen LogP contribution in [-0.4, -0.2) is 78.0 Å². The van der Waals surface area contributed by atoms with Crippen LogP contribution in [-0.2, 0) is 28.4 Å². The van der Waals surface area contributed by atoms with E-state index in [1.165, 1.54) is 0 Å². The number of benzene rings is 1. The summed E-state index contributed by atoms with van der Waals surface area (Å²) in [5.41, 5.74) is 0.315. The smallest absolute Gasteiger partial charge is 0.339 e. The molecule has 1 rings (SSSR count). The maximum atomic E-state index is 12.4. The molecule has 0 unspecified atom stereocenters. The minimum absolute atomic E-state index is 0.0819. The normalized spacial score (nSPS) is 10.7. The second kappa shape index (κ2) is 16.5. The van der Waals surface area contributed by atoms with Gasteiger partial charge in [-0.2, -0.15) is 0 Å². The van der Waals surface area contributed by atoms with Gasteiger partial charge in [-0.1, -0.05) is 0 Å². The molecule has 8 nitrogen and oxygen atoms in total. The van der Waals surface area contributed by atoms with Crippen LogP contribution in [0.5, 0.6) is 0 Å². The number of halogens is 1. The fourth-order valence-electron chi connectivity index (χ4n) is 2.13. The lowest BCUT2D eigenvalue weighted by Gasteiger charge is -2.11. The van der Waals surface area contributed by atoms with Gasteiger partial charge in [0.25, 0.3) is 0 Å². The van der Waals surface area contributed by atoms with Gasteiger partial charge in [0.2, 0.25) is 0 Å². The lowest BCUT2D eigenvalue weighted by molar-refractivity contribution is 0.0139. The van der Waals surface area contributed by atoms with E-state index in [1.807, 2.05) is 13.8 Å². The highest BCUT2D eigenvalue weighted by Crippen LogP contribution is 2.16. The number of hydrogen-bond acceptors (Lipinski definition) is 8. The molecule has 0 radical (unpaired) electrons. The van der Waals surface area contributed by atoms with Gasteiger partial charge in [0.15, 0.2) is 0 Å². The van der Waals surface area contributed by atoms with Crippen molar-refractivity contribution >= 4 is 34.5 Å². The molecule has 0 aliphatic rings. The Morgan fingerprint density at radius 1 is 0.690 bits per heavy atom. The molecule has 0 spiro atoms. The maximum absolute atomic E-state index is 12.4. The van der Waals surface area contributed by atoms with Gasteiger partial charge < -0.3 is 28.4 Å². The summed E-state index contributed by atoms with van der Waals surface area (Å²) < 4.78 is 32.1. The topological polar surface area (TPSA) is 89.5 Å². The SMILES string of the molecule is CCOCCOCCOC(=O)c1ccc(I)cc1C(=O)OCCOCCOCC. The first-order chi connectivity index (χ1) is 14.1. The summed E-state index contributed by atoms with van der Waals surface area (Å²) in [7, 11) is 0. The fraction of sp³-hybridized carbons (Fsp3) is 0.600. The molecular weight excluding hydrogens is 495 g/mol. The van der Waals surface area contributed by atoms with Gasteiger partial charge in [0.1, 0.15) is 13.2 Å². The zero-order valence-corrected chi connectivity index (χ0v) is 19.1. The molecular formula is C20H29IO8. The average Bonchev–Trinajstić information content (AvgIpc) is 2.72. The van der Waals surface area contributed by atoms with Gasteiger partial charge in [-0.15, -0.1) is 0 Å². The van der Waals surface area contributed by atoms with Crippen molar-refractivity contribution in [3.05, 3.63) is 32.9 Å². The highest BCUT2D eigenvalue weighted by Gasteiger charge is 2.20. The van der Waals surface area contributed by atoms with E-state index in [1.54, 1.807) is 18.2 Å². The molecule has 0 N–H and O–H groups in total. The number of ether oxygens (including phenoxy) is 6. The Bertz CT molecular complexity index is 608. The Balaban J connectivity index is 2.45. The number of rotatable bonds is 16. The molecule has 0 aromatic heterocycles. The number of esters is 2. The van der Waals surface area contributed by atoms with Crippen molar-refractivity contribution in [1.29, 1.82) is 0 Å². The molecule has 29 heavy (non-hydrogen) atoms. The maximum Gasteiger partial charge on any atom is 0.339 e. The van der Waals surface area contributed by atoms with Gasteiger partial charge in [-0.3, -0.25) is 0 Å². The van der Waals surface area contributed by atoms with Crippen molar-refractivity contribution in [2.75, 3.05) is 66.1 Å². The van der Waals surface area contributed by atoms with E-state index >= 15 is 0 Å². The van der Waals surface area contributed by atoms with E-state index in [2.05, 4.69) is 22.6 Å². The van der Waals surface area contributed by atoms with Crippen molar-refractivity contribution in [3.63, 3.8) is 0 Å². The first kappa shape index (κ1) is 25.8. The number of carbonyl (C=O) groups is 2. The first-order valence-corrected chi connectivity index (χ1v) is 10.6. The summed E-state index contributed by atoms with van der Waals surface area (Å²) in [5.74, 6) is -1.20. The van der Waals surface area contributed by atoms with Crippen LogP contribution < -0.4 is 0 Å². The van der Waals surface area contributed by atoms with E-state index in [4.69, 9.17) is 28.4 Å². The van der Waals surface area contributed by atoms with E-state index in [0.717, 1.165) is 3.57 Å². The average molecular weight is 524 g/mol. The summed E-state index contributed by atoms with van der Waals surface area (Å²) in [6.45, 7) is 7.58. The van der Waals surface area contributed by atoms with Gasteiger partial charge in [0.05, 0.1) is 50.8 Å². The highest BCUT2D eigenvalue weighted by molar-refractivity contribution is 14.1. The van der Waals surface area contributed by atoms with Crippen molar-refractivity contribution < 1.29 is 38.0 Å². The van der Waals surface area contributed by atoms with E-state index in [0.29, 0.717) is 39.6 Å². The van der Waals surface area contributed by atoms with Crippen molar-refractivity contribution in [2.45, 2.75) is 13.8 Å². The molecule has 0 bridgehead atoms. The quantitative estimate of drug-likeness (QED) is 0.185. The summed E-state index contributed by atoms with van der Waals surface area (Å²) in [5, 5.41) is 0. The predicted molar refractivity (Wildman–Crippen MR) is 114 cm³/mol. The second-order valence-corrected chi connectivity index (χ2v) is 6.83. The van der Waals surface area contributed by atoms with Crippen LogP contribution >= 0.6 is 22.6 Å². The predicted octanol–water partition coefficient (Wildman–Crippen LogP) is 2.71. The number of hydrogen-bond donors (Lipinski definition) is 0. The summed E-state index contributed by atoms with van der Waals surface area (Å²) in [4.78, 5) is 24.7. The minimum atomic E-state index is -0.602. The van der Waals surface area contributed by atoms with Gasteiger partial charge in [-0.05, 0) is 54.6 Å². The molecule has 9 heteroatoms. The Labute approximate surface area is 185 Å². The van der Waals surface area contributed by atoms with E-state index in [9.17, 15) is 9.59 Å². The van der Waals surface area contributed by atoms with Crippen molar-refractivity contribution in [3.8, 4) is 0 Å². The Morgan fingerprint density at radius 3 is 1.66 bits per heavy atom.